The molecule has 0 saturated heterocycles. The average Bonchev–Trinajstić information content (AvgIpc) is 3.06. The fourth-order valence-electron chi connectivity index (χ4n) is 5.00. The Balaban J connectivity index is 1.65. The summed E-state index contributed by atoms with van der Waals surface area (Å²) in [7, 11) is 5.80. The molecule has 1 aliphatic carbocycles. The van der Waals surface area contributed by atoms with Crippen LogP contribution in [0.3, 0.4) is 0 Å². The molecule has 0 amide bonds. The number of ether oxygens (including phenoxy) is 1. The van der Waals surface area contributed by atoms with Crippen molar-refractivity contribution in [1.82, 2.24) is 4.98 Å². The molecular weight excluding hydrogens is 392 g/mol. The Hall–Kier alpha value is -3.59. The first-order valence-electron chi connectivity index (χ1n) is 11.0. The molecule has 0 aliphatic heterocycles. The predicted octanol–water partition coefficient (Wildman–Crippen LogP) is 6.80. The standard InChI is InChI=1S/C29H28N2O/c1-29(2)25-12-7-6-9-22(25)23-11-8-10-21(28(23)29)19-13-14-24(27(17-19)32-5)26-18-20(31(3)4)15-16-30-26/h6-18H,1-5H3. The minimum absolute atomic E-state index is 0.0595. The van der Waals surface area contributed by atoms with E-state index in [2.05, 4.69) is 90.5 Å². The molecule has 0 atom stereocenters. The lowest BCUT2D eigenvalue weighted by molar-refractivity contribution is 0.416. The molecule has 0 spiro atoms. The van der Waals surface area contributed by atoms with Gasteiger partial charge in [-0.2, -0.15) is 0 Å². The summed E-state index contributed by atoms with van der Waals surface area (Å²) in [6.07, 6.45) is 1.85. The van der Waals surface area contributed by atoms with E-state index in [-0.39, 0.29) is 5.41 Å². The molecule has 0 fully saturated rings. The number of aromatic nitrogens is 1. The van der Waals surface area contributed by atoms with Crippen molar-refractivity contribution in [2.75, 3.05) is 26.1 Å². The number of benzene rings is 3. The predicted molar refractivity (Wildman–Crippen MR) is 134 cm³/mol. The third-order valence-corrected chi connectivity index (χ3v) is 6.63. The van der Waals surface area contributed by atoms with Gasteiger partial charge in [0.1, 0.15) is 5.75 Å². The van der Waals surface area contributed by atoms with Gasteiger partial charge in [0.15, 0.2) is 0 Å². The van der Waals surface area contributed by atoms with Gasteiger partial charge in [0.25, 0.3) is 0 Å². The summed E-state index contributed by atoms with van der Waals surface area (Å²) < 4.78 is 5.84. The summed E-state index contributed by atoms with van der Waals surface area (Å²) >= 11 is 0. The number of nitrogens with zero attached hydrogens (tertiary/aromatic N) is 2. The van der Waals surface area contributed by atoms with Crippen molar-refractivity contribution in [3.8, 4) is 39.3 Å². The zero-order valence-corrected chi connectivity index (χ0v) is 19.3. The Labute approximate surface area is 190 Å². The van der Waals surface area contributed by atoms with Crippen LogP contribution in [0.5, 0.6) is 5.75 Å². The Morgan fingerprint density at radius 3 is 2.31 bits per heavy atom. The lowest BCUT2D eigenvalue weighted by Gasteiger charge is -2.25. The largest absolute Gasteiger partial charge is 0.496 e. The molecule has 0 N–H and O–H groups in total. The van der Waals surface area contributed by atoms with Gasteiger partial charge in [-0.15, -0.1) is 0 Å². The summed E-state index contributed by atoms with van der Waals surface area (Å²) in [6.45, 7) is 4.65. The first-order valence-corrected chi connectivity index (χ1v) is 11.0. The van der Waals surface area contributed by atoms with Gasteiger partial charge >= 0.3 is 0 Å². The summed E-state index contributed by atoms with van der Waals surface area (Å²) in [6, 6.07) is 26.0. The number of hydrogen-bond donors (Lipinski definition) is 0. The number of anilines is 1. The van der Waals surface area contributed by atoms with Crippen LogP contribution in [0, 0.1) is 0 Å². The van der Waals surface area contributed by atoms with E-state index in [0.717, 1.165) is 28.3 Å². The van der Waals surface area contributed by atoms with Gasteiger partial charge in [-0.25, -0.2) is 0 Å². The monoisotopic (exact) mass is 420 g/mol. The Morgan fingerprint density at radius 2 is 1.53 bits per heavy atom. The molecule has 0 saturated carbocycles. The van der Waals surface area contributed by atoms with Crippen molar-refractivity contribution in [2.45, 2.75) is 19.3 Å². The number of pyridine rings is 1. The molecule has 1 aliphatic rings. The van der Waals surface area contributed by atoms with Gasteiger partial charge in [0, 0.05) is 37.0 Å². The maximum absolute atomic E-state index is 5.84. The second-order valence-corrected chi connectivity index (χ2v) is 9.11. The minimum atomic E-state index is -0.0595. The molecule has 5 rings (SSSR count). The van der Waals surface area contributed by atoms with Crippen LogP contribution in [0.1, 0.15) is 25.0 Å². The van der Waals surface area contributed by atoms with Crippen molar-refractivity contribution < 1.29 is 4.74 Å². The zero-order valence-electron chi connectivity index (χ0n) is 19.3. The van der Waals surface area contributed by atoms with Crippen LogP contribution in [0.25, 0.3) is 33.5 Å². The third-order valence-electron chi connectivity index (χ3n) is 6.63. The topological polar surface area (TPSA) is 25.4 Å². The SMILES string of the molecule is COc1cc(-c2cccc3c2C(C)(C)c2ccccc2-3)ccc1-c1cc(N(C)C)ccn1. The quantitative estimate of drug-likeness (QED) is 0.363. The molecule has 0 bridgehead atoms. The highest BCUT2D eigenvalue weighted by atomic mass is 16.5. The van der Waals surface area contributed by atoms with Crippen molar-refractivity contribution in [3.63, 3.8) is 0 Å². The number of hydrogen-bond acceptors (Lipinski definition) is 3. The average molecular weight is 421 g/mol. The van der Waals surface area contributed by atoms with Crippen molar-refractivity contribution in [2.24, 2.45) is 0 Å². The van der Waals surface area contributed by atoms with Gasteiger partial charge in [0.05, 0.1) is 12.8 Å². The minimum Gasteiger partial charge on any atom is -0.496 e. The van der Waals surface area contributed by atoms with E-state index in [1.807, 2.05) is 26.4 Å². The van der Waals surface area contributed by atoms with E-state index < -0.39 is 0 Å². The first-order chi connectivity index (χ1) is 15.4. The Bertz CT molecular complexity index is 1320. The molecule has 1 aromatic heterocycles. The van der Waals surface area contributed by atoms with Crippen molar-refractivity contribution >= 4 is 5.69 Å². The van der Waals surface area contributed by atoms with E-state index in [9.17, 15) is 0 Å². The molecule has 3 heteroatoms. The molecule has 32 heavy (non-hydrogen) atoms. The van der Waals surface area contributed by atoms with E-state index in [0.29, 0.717) is 0 Å². The smallest absolute Gasteiger partial charge is 0.128 e. The third kappa shape index (κ3) is 3.08. The van der Waals surface area contributed by atoms with Crippen molar-refractivity contribution in [1.29, 1.82) is 0 Å². The van der Waals surface area contributed by atoms with Crippen LogP contribution in [0.4, 0.5) is 5.69 Å². The lowest BCUT2D eigenvalue weighted by atomic mass is 9.79. The normalized spacial score (nSPS) is 13.4. The second kappa shape index (κ2) is 7.52. The molecule has 1 heterocycles. The van der Waals surface area contributed by atoms with Gasteiger partial charge in [-0.3, -0.25) is 4.98 Å². The number of rotatable bonds is 4. The summed E-state index contributed by atoms with van der Waals surface area (Å²) in [5.74, 6) is 0.830. The van der Waals surface area contributed by atoms with E-state index in [1.165, 1.54) is 27.8 Å². The lowest BCUT2D eigenvalue weighted by Crippen LogP contribution is -2.16. The van der Waals surface area contributed by atoms with Gasteiger partial charge in [-0.05, 0) is 57.6 Å². The van der Waals surface area contributed by atoms with Gasteiger partial charge in [-0.1, -0.05) is 62.4 Å². The maximum Gasteiger partial charge on any atom is 0.128 e. The van der Waals surface area contributed by atoms with Crippen LogP contribution in [-0.2, 0) is 5.41 Å². The highest BCUT2D eigenvalue weighted by Crippen LogP contribution is 2.52. The molecule has 4 aromatic rings. The van der Waals surface area contributed by atoms with E-state index in [4.69, 9.17) is 4.74 Å². The molecule has 3 nitrogen and oxygen atoms in total. The molecule has 3 aromatic carbocycles. The summed E-state index contributed by atoms with van der Waals surface area (Å²) in [4.78, 5) is 6.69. The van der Waals surface area contributed by atoms with Crippen LogP contribution < -0.4 is 9.64 Å². The second-order valence-electron chi connectivity index (χ2n) is 9.11. The Morgan fingerprint density at radius 1 is 0.781 bits per heavy atom. The molecule has 160 valence electrons. The highest BCUT2D eigenvalue weighted by molar-refractivity contribution is 5.89. The first kappa shape index (κ1) is 20.3. The number of fused-ring (bicyclic) bond motifs is 3. The summed E-state index contributed by atoms with van der Waals surface area (Å²) in [5.41, 5.74) is 10.8. The number of methoxy groups -OCH3 is 1. The van der Waals surface area contributed by atoms with Crippen LogP contribution >= 0.6 is 0 Å². The fourth-order valence-corrected chi connectivity index (χ4v) is 5.00. The van der Waals surface area contributed by atoms with Crippen LogP contribution in [-0.4, -0.2) is 26.2 Å². The van der Waals surface area contributed by atoms with Crippen LogP contribution in [0.2, 0.25) is 0 Å². The fraction of sp³-hybridized carbons (Fsp3) is 0.207. The molecule has 0 radical (unpaired) electrons. The molecule has 0 unspecified atom stereocenters. The van der Waals surface area contributed by atoms with E-state index in [1.54, 1.807) is 7.11 Å². The maximum atomic E-state index is 5.84. The van der Waals surface area contributed by atoms with Gasteiger partial charge < -0.3 is 9.64 Å². The van der Waals surface area contributed by atoms with E-state index >= 15 is 0 Å². The van der Waals surface area contributed by atoms with Gasteiger partial charge in [0.2, 0.25) is 0 Å². The summed E-state index contributed by atoms with van der Waals surface area (Å²) in [5, 5.41) is 0. The Kier molecular flexibility index (Phi) is 4.78. The van der Waals surface area contributed by atoms with Crippen molar-refractivity contribution in [3.05, 3.63) is 90.1 Å². The zero-order chi connectivity index (χ0) is 22.5. The highest BCUT2D eigenvalue weighted by Gasteiger charge is 2.37. The molecular formula is C29H28N2O. The van der Waals surface area contributed by atoms with Crippen LogP contribution in [0.15, 0.2) is 79.0 Å².